The van der Waals surface area contributed by atoms with Crippen molar-refractivity contribution in [1.82, 2.24) is 5.32 Å². The third kappa shape index (κ3) is 3.62. The molecule has 0 bridgehead atoms. The van der Waals surface area contributed by atoms with Gasteiger partial charge in [0.2, 0.25) is 0 Å². The van der Waals surface area contributed by atoms with Crippen LogP contribution in [0.15, 0.2) is 12.2 Å². The monoisotopic (exact) mass is 215 g/mol. The van der Waals surface area contributed by atoms with Crippen molar-refractivity contribution in [3.63, 3.8) is 0 Å². The fraction of sp³-hybridized carbons (Fsp3) is 0.833. The van der Waals surface area contributed by atoms with Crippen LogP contribution in [0.25, 0.3) is 0 Å². The van der Waals surface area contributed by atoms with Gasteiger partial charge in [0.05, 0.1) is 0 Å². The van der Waals surface area contributed by atoms with Gasteiger partial charge >= 0.3 is 0 Å². The van der Waals surface area contributed by atoms with Crippen molar-refractivity contribution in [3.05, 3.63) is 12.2 Å². The minimum absolute atomic E-state index is 0.606. The normalized spacial score (nSPS) is 20.7. The summed E-state index contributed by atoms with van der Waals surface area (Å²) in [5.74, 6) is 0.626. The molecule has 82 valence electrons. The van der Waals surface area contributed by atoms with Crippen LogP contribution in [0.5, 0.6) is 0 Å². The predicted octanol–water partition coefficient (Wildman–Crippen LogP) is 3.34. The molecule has 0 unspecified atom stereocenters. The maximum absolute atomic E-state index is 5.55. The lowest BCUT2D eigenvalue weighted by Gasteiger charge is -2.27. The molecule has 0 aromatic heterocycles. The maximum Gasteiger partial charge on any atom is 0.0404 e. The topological polar surface area (TPSA) is 12.0 Å². The van der Waals surface area contributed by atoms with Crippen molar-refractivity contribution in [1.29, 1.82) is 0 Å². The van der Waals surface area contributed by atoms with Gasteiger partial charge in [-0.15, -0.1) is 11.6 Å². The summed E-state index contributed by atoms with van der Waals surface area (Å²) in [4.78, 5) is 0. The van der Waals surface area contributed by atoms with E-state index in [0.29, 0.717) is 11.3 Å². The lowest BCUT2D eigenvalue weighted by molar-refractivity contribution is 0.273. The maximum atomic E-state index is 5.55. The average Bonchev–Trinajstić information content (AvgIpc) is 2.67. The number of hydrogen-bond acceptors (Lipinski definition) is 1. The van der Waals surface area contributed by atoms with E-state index in [1.807, 2.05) is 6.08 Å². The molecule has 0 heterocycles. The minimum atomic E-state index is 0.606. The van der Waals surface area contributed by atoms with Gasteiger partial charge in [0.15, 0.2) is 0 Å². The fourth-order valence-electron chi connectivity index (χ4n) is 2.35. The Labute approximate surface area is 92.9 Å². The number of hydrogen-bond donors (Lipinski definition) is 1. The number of rotatable bonds is 6. The molecule has 0 aliphatic heterocycles. The van der Waals surface area contributed by atoms with Crippen molar-refractivity contribution >= 4 is 11.6 Å². The summed E-state index contributed by atoms with van der Waals surface area (Å²) in [6.07, 6.45) is 11.1. The molecule has 1 N–H and O–H groups in total. The molecular formula is C12H22ClN. The standard InChI is InChI=1S/C12H22ClN/c1-2-12(7-3-4-8-12)11-14-10-6-5-9-13/h5-6,14H,2-4,7-11H2,1H3/b6-5+. The van der Waals surface area contributed by atoms with Crippen molar-refractivity contribution < 1.29 is 0 Å². The van der Waals surface area contributed by atoms with Gasteiger partial charge < -0.3 is 5.32 Å². The highest BCUT2D eigenvalue weighted by Gasteiger charge is 2.30. The molecule has 0 aromatic carbocycles. The molecule has 1 rings (SSSR count). The fourth-order valence-corrected chi connectivity index (χ4v) is 2.47. The second kappa shape index (κ2) is 6.47. The minimum Gasteiger partial charge on any atom is -0.313 e. The first kappa shape index (κ1) is 12.1. The third-order valence-corrected chi connectivity index (χ3v) is 3.61. The van der Waals surface area contributed by atoms with Gasteiger partial charge in [-0.2, -0.15) is 0 Å². The summed E-state index contributed by atoms with van der Waals surface area (Å²) in [7, 11) is 0. The second-order valence-electron chi connectivity index (χ2n) is 4.32. The van der Waals surface area contributed by atoms with E-state index < -0.39 is 0 Å². The molecule has 14 heavy (non-hydrogen) atoms. The Morgan fingerprint density at radius 1 is 1.29 bits per heavy atom. The van der Waals surface area contributed by atoms with Crippen LogP contribution >= 0.6 is 11.6 Å². The summed E-state index contributed by atoms with van der Waals surface area (Å²) in [6.45, 7) is 4.46. The molecular weight excluding hydrogens is 194 g/mol. The molecule has 0 amide bonds. The zero-order valence-electron chi connectivity index (χ0n) is 9.19. The molecule has 0 aromatic rings. The van der Waals surface area contributed by atoms with Gasteiger partial charge in [0.1, 0.15) is 0 Å². The molecule has 1 saturated carbocycles. The highest BCUT2D eigenvalue weighted by atomic mass is 35.5. The molecule has 0 saturated heterocycles. The lowest BCUT2D eigenvalue weighted by atomic mass is 9.83. The molecule has 0 spiro atoms. The Morgan fingerprint density at radius 2 is 2.00 bits per heavy atom. The van der Waals surface area contributed by atoms with Crippen molar-refractivity contribution in [3.8, 4) is 0 Å². The van der Waals surface area contributed by atoms with E-state index in [1.54, 1.807) is 0 Å². The highest BCUT2D eigenvalue weighted by molar-refractivity contribution is 6.18. The Bertz CT molecular complexity index is 171. The van der Waals surface area contributed by atoms with Crippen molar-refractivity contribution in [2.45, 2.75) is 39.0 Å². The SMILES string of the molecule is CCC1(CNC/C=C/CCl)CCCC1. The van der Waals surface area contributed by atoms with Crippen LogP contribution < -0.4 is 5.32 Å². The van der Waals surface area contributed by atoms with Crippen molar-refractivity contribution in [2.75, 3.05) is 19.0 Å². The first-order valence-corrected chi connectivity index (χ1v) is 6.28. The van der Waals surface area contributed by atoms with E-state index >= 15 is 0 Å². The third-order valence-electron chi connectivity index (χ3n) is 3.43. The Kier molecular flexibility index (Phi) is 5.57. The summed E-state index contributed by atoms with van der Waals surface area (Å²) < 4.78 is 0. The van der Waals surface area contributed by atoms with Crippen LogP contribution in [0.2, 0.25) is 0 Å². The number of alkyl halides is 1. The highest BCUT2D eigenvalue weighted by Crippen LogP contribution is 2.40. The van der Waals surface area contributed by atoms with Gasteiger partial charge in [0, 0.05) is 19.0 Å². The van der Waals surface area contributed by atoms with Gasteiger partial charge in [-0.1, -0.05) is 31.9 Å². The molecule has 0 atom stereocenters. The van der Waals surface area contributed by atoms with Gasteiger partial charge in [-0.25, -0.2) is 0 Å². The molecule has 1 aliphatic rings. The smallest absolute Gasteiger partial charge is 0.0404 e. The average molecular weight is 216 g/mol. The van der Waals surface area contributed by atoms with Crippen LogP contribution in [0, 0.1) is 5.41 Å². The quantitative estimate of drug-likeness (QED) is 0.407. The molecule has 1 nitrogen and oxygen atoms in total. The van der Waals surface area contributed by atoms with E-state index in [2.05, 4.69) is 18.3 Å². The lowest BCUT2D eigenvalue weighted by Crippen LogP contribution is -2.31. The molecule has 1 fully saturated rings. The van der Waals surface area contributed by atoms with Crippen LogP contribution in [0.4, 0.5) is 0 Å². The van der Waals surface area contributed by atoms with E-state index in [4.69, 9.17) is 11.6 Å². The first-order valence-electron chi connectivity index (χ1n) is 5.75. The Morgan fingerprint density at radius 3 is 2.57 bits per heavy atom. The summed E-state index contributed by atoms with van der Waals surface area (Å²) in [6, 6.07) is 0. The van der Waals surface area contributed by atoms with Gasteiger partial charge in [-0.3, -0.25) is 0 Å². The van der Waals surface area contributed by atoms with Crippen LogP contribution in [0.1, 0.15) is 39.0 Å². The van der Waals surface area contributed by atoms with Crippen LogP contribution in [-0.4, -0.2) is 19.0 Å². The molecule has 1 aliphatic carbocycles. The largest absolute Gasteiger partial charge is 0.313 e. The molecule has 0 radical (unpaired) electrons. The number of nitrogens with one attached hydrogen (secondary N) is 1. The zero-order chi connectivity index (χ0) is 10.3. The number of halogens is 1. The predicted molar refractivity (Wildman–Crippen MR) is 63.9 cm³/mol. The van der Waals surface area contributed by atoms with Gasteiger partial charge in [0.25, 0.3) is 0 Å². The number of allylic oxidation sites excluding steroid dienone is 1. The van der Waals surface area contributed by atoms with Crippen LogP contribution in [0.3, 0.4) is 0 Å². The van der Waals surface area contributed by atoms with Crippen molar-refractivity contribution in [2.24, 2.45) is 5.41 Å². The summed E-state index contributed by atoms with van der Waals surface area (Å²) >= 11 is 5.55. The zero-order valence-corrected chi connectivity index (χ0v) is 9.95. The summed E-state index contributed by atoms with van der Waals surface area (Å²) in [5, 5.41) is 3.51. The van der Waals surface area contributed by atoms with E-state index in [0.717, 1.165) is 6.54 Å². The van der Waals surface area contributed by atoms with E-state index in [-0.39, 0.29) is 0 Å². The summed E-state index contributed by atoms with van der Waals surface area (Å²) in [5.41, 5.74) is 0.606. The van der Waals surface area contributed by atoms with E-state index in [9.17, 15) is 0 Å². The Hall–Kier alpha value is -0.0100. The van der Waals surface area contributed by atoms with Gasteiger partial charge in [-0.05, 0) is 24.7 Å². The van der Waals surface area contributed by atoms with Crippen LogP contribution in [-0.2, 0) is 0 Å². The molecule has 2 heteroatoms. The Balaban J connectivity index is 2.18. The second-order valence-corrected chi connectivity index (χ2v) is 4.63. The first-order chi connectivity index (χ1) is 6.83. The van der Waals surface area contributed by atoms with E-state index in [1.165, 1.54) is 38.6 Å².